The van der Waals surface area contributed by atoms with Crippen LogP contribution < -0.4 is 10.6 Å². The summed E-state index contributed by atoms with van der Waals surface area (Å²) in [5.41, 5.74) is 2.57. The summed E-state index contributed by atoms with van der Waals surface area (Å²) >= 11 is 0. The number of allylic oxidation sites excluding steroid dienone is 2. The van der Waals surface area contributed by atoms with E-state index in [0.717, 1.165) is 50.7 Å². The lowest BCUT2D eigenvalue weighted by Gasteiger charge is -2.58. The molecule has 3 fully saturated rings. The maximum absolute atomic E-state index is 12.4. The minimum atomic E-state index is -1.09. The number of oxime groups is 1. The van der Waals surface area contributed by atoms with Crippen molar-refractivity contribution in [2.75, 3.05) is 6.61 Å². The average molecular weight is 572 g/mol. The number of nitrogens with one attached hydrogen (secondary N) is 2. The molecule has 4 rings (SSSR count). The monoisotopic (exact) mass is 571 g/mol. The smallest absolute Gasteiger partial charge is 0.326 e. The fourth-order valence-electron chi connectivity index (χ4n) is 8.80. The number of carbonyl (C=O) groups excluding carboxylic acids is 3. The minimum absolute atomic E-state index is 0.142. The molecule has 9 heteroatoms. The fourth-order valence-corrected chi connectivity index (χ4v) is 8.80. The largest absolute Gasteiger partial charge is 0.480 e. The molecule has 228 valence electrons. The number of fused-ring (bicyclic) bond motifs is 5. The molecule has 2 unspecified atom stereocenters. The first-order valence-electron chi connectivity index (χ1n) is 15.6. The summed E-state index contributed by atoms with van der Waals surface area (Å²) < 4.78 is 0. The van der Waals surface area contributed by atoms with Crippen molar-refractivity contribution in [2.45, 2.75) is 117 Å². The zero-order valence-corrected chi connectivity index (χ0v) is 25.5. The van der Waals surface area contributed by atoms with Crippen molar-refractivity contribution in [3.05, 3.63) is 11.6 Å². The van der Waals surface area contributed by atoms with Crippen LogP contribution in [0.5, 0.6) is 0 Å². The molecule has 4 aliphatic carbocycles. The Morgan fingerprint density at radius 2 is 1.83 bits per heavy atom. The number of carboxylic acids is 1. The number of carboxylic acid groups (broad SMARTS) is 1. The third-order valence-electron chi connectivity index (χ3n) is 11.1. The number of hydrogen-bond donors (Lipinski definition) is 3. The number of unbranched alkanes of at least 4 members (excludes halogenated alkanes) is 1. The number of nitrogens with zero attached hydrogens (tertiary/aromatic N) is 1. The number of aliphatic carboxylic acids is 1. The van der Waals surface area contributed by atoms with Gasteiger partial charge in [-0.2, -0.15) is 0 Å². The van der Waals surface area contributed by atoms with Crippen LogP contribution in [0.4, 0.5) is 0 Å². The van der Waals surface area contributed by atoms with Crippen LogP contribution in [-0.2, 0) is 24.0 Å². The van der Waals surface area contributed by atoms with E-state index in [1.165, 1.54) is 25.3 Å². The quantitative estimate of drug-likeness (QED) is 0.305. The second-order valence-electron chi connectivity index (χ2n) is 13.5. The topological polar surface area (TPSA) is 134 Å². The number of ketones is 1. The first kappa shape index (κ1) is 31.2. The van der Waals surface area contributed by atoms with Crippen LogP contribution in [0, 0.1) is 34.5 Å². The highest BCUT2D eigenvalue weighted by atomic mass is 16.6. The fraction of sp³-hybridized carbons (Fsp3) is 0.781. The Labute approximate surface area is 244 Å². The van der Waals surface area contributed by atoms with Gasteiger partial charge in [-0.3, -0.25) is 14.4 Å². The normalized spacial score (nSPS) is 34.8. The SMILES string of the molecule is CCCCC(NC(=O)C(C)NC(=O)CON=C1C=C2CC[C@H]3[C@@H]4CC[C@H](C(C)=O)[C@@]4(C)CC[C@@H]3[C@@]2(C)CC1)C(=O)O. The van der Waals surface area contributed by atoms with Crippen molar-refractivity contribution < 1.29 is 29.1 Å². The maximum atomic E-state index is 12.4. The van der Waals surface area contributed by atoms with Crippen LogP contribution in [-0.4, -0.2) is 53.1 Å². The Morgan fingerprint density at radius 1 is 1.07 bits per heavy atom. The van der Waals surface area contributed by atoms with Gasteiger partial charge in [-0.25, -0.2) is 4.79 Å². The van der Waals surface area contributed by atoms with Crippen LogP contribution in [0.1, 0.15) is 105 Å². The van der Waals surface area contributed by atoms with Crippen LogP contribution in [0.3, 0.4) is 0 Å². The number of Topliss-reactive ketones (excluding diaryl/α,β-unsaturated/α-hetero) is 1. The summed E-state index contributed by atoms with van der Waals surface area (Å²) in [6.07, 6.45) is 12.6. The maximum Gasteiger partial charge on any atom is 0.326 e. The van der Waals surface area contributed by atoms with E-state index in [1.54, 1.807) is 6.92 Å². The molecule has 8 atom stereocenters. The molecule has 0 heterocycles. The Balaban J connectivity index is 1.30. The summed E-state index contributed by atoms with van der Waals surface area (Å²) in [6, 6.07) is -1.86. The van der Waals surface area contributed by atoms with Gasteiger partial charge in [-0.1, -0.05) is 44.3 Å². The molecule has 9 nitrogen and oxygen atoms in total. The zero-order valence-electron chi connectivity index (χ0n) is 25.5. The van der Waals surface area contributed by atoms with Crippen molar-refractivity contribution in [3.63, 3.8) is 0 Å². The number of carbonyl (C=O) groups is 4. The van der Waals surface area contributed by atoms with Crippen molar-refractivity contribution in [1.82, 2.24) is 10.6 Å². The Bertz CT molecular complexity index is 1100. The van der Waals surface area contributed by atoms with Gasteiger partial charge < -0.3 is 20.6 Å². The van der Waals surface area contributed by atoms with Crippen LogP contribution in [0.15, 0.2) is 16.8 Å². The van der Waals surface area contributed by atoms with E-state index in [0.29, 0.717) is 36.4 Å². The molecule has 0 bridgehead atoms. The highest BCUT2D eigenvalue weighted by molar-refractivity contribution is 5.96. The van der Waals surface area contributed by atoms with E-state index in [1.807, 2.05) is 6.92 Å². The zero-order chi connectivity index (χ0) is 29.9. The van der Waals surface area contributed by atoms with Gasteiger partial charge in [0.05, 0.1) is 5.71 Å². The predicted molar refractivity (Wildman–Crippen MR) is 156 cm³/mol. The molecule has 0 aromatic rings. The summed E-state index contributed by atoms with van der Waals surface area (Å²) in [7, 11) is 0. The van der Waals surface area contributed by atoms with Crippen LogP contribution in [0.2, 0.25) is 0 Å². The minimum Gasteiger partial charge on any atom is -0.480 e. The van der Waals surface area contributed by atoms with E-state index < -0.39 is 29.9 Å². The first-order chi connectivity index (χ1) is 19.4. The standard InChI is InChI=1S/C32H49N3O6/c1-6-7-8-27(30(39)40)34-29(38)19(2)33-28(37)18-41-35-22-13-15-31(4)21(17-22)9-10-23-25-12-11-24(20(3)36)32(25,5)16-14-26(23)31/h17,19,23-27H,6-16,18H2,1-5H3,(H,33,37)(H,34,38)(H,39,40)/t19?,23-,24+,25-,26-,27?,31-,32+/m0/s1. The lowest BCUT2D eigenvalue weighted by molar-refractivity contribution is -0.142. The van der Waals surface area contributed by atoms with Crippen molar-refractivity contribution in [3.8, 4) is 0 Å². The van der Waals surface area contributed by atoms with Gasteiger partial charge in [-0.15, -0.1) is 0 Å². The molecule has 0 radical (unpaired) electrons. The molecule has 4 aliphatic rings. The highest BCUT2D eigenvalue weighted by Gasteiger charge is 2.59. The molecule has 0 saturated heterocycles. The van der Waals surface area contributed by atoms with Crippen molar-refractivity contribution in [1.29, 1.82) is 0 Å². The highest BCUT2D eigenvalue weighted by Crippen LogP contribution is 2.66. The Kier molecular flexibility index (Phi) is 9.64. The lowest BCUT2D eigenvalue weighted by Crippen LogP contribution is -2.51. The molecule has 0 aromatic carbocycles. The van der Waals surface area contributed by atoms with E-state index in [9.17, 15) is 24.3 Å². The summed E-state index contributed by atoms with van der Waals surface area (Å²) in [5.74, 6) is 0.427. The molecule has 3 saturated carbocycles. The molecular formula is C32H49N3O6. The molecule has 41 heavy (non-hydrogen) atoms. The molecule has 3 N–H and O–H groups in total. The van der Waals surface area contributed by atoms with Crippen molar-refractivity contribution >= 4 is 29.3 Å². The van der Waals surface area contributed by atoms with Gasteiger partial charge in [0, 0.05) is 5.92 Å². The third kappa shape index (κ3) is 6.38. The summed E-state index contributed by atoms with van der Waals surface area (Å²) in [4.78, 5) is 53.9. The number of amides is 2. The summed E-state index contributed by atoms with van der Waals surface area (Å²) in [6.45, 7) is 9.73. The first-order valence-corrected chi connectivity index (χ1v) is 15.6. The van der Waals surface area contributed by atoms with E-state index in [2.05, 4.69) is 35.7 Å². The van der Waals surface area contributed by atoms with E-state index in [4.69, 9.17) is 4.84 Å². The summed E-state index contributed by atoms with van der Waals surface area (Å²) in [5, 5.41) is 18.6. The molecule has 0 aliphatic heterocycles. The molecule has 2 amide bonds. The van der Waals surface area contributed by atoms with Gasteiger partial charge in [0.2, 0.25) is 5.91 Å². The van der Waals surface area contributed by atoms with Gasteiger partial charge in [0.15, 0.2) is 6.61 Å². The second kappa shape index (κ2) is 12.7. The van der Waals surface area contributed by atoms with Gasteiger partial charge in [0.1, 0.15) is 17.9 Å². The Hall–Kier alpha value is -2.71. The molecule has 0 spiro atoms. The van der Waals surface area contributed by atoms with Gasteiger partial charge >= 0.3 is 5.97 Å². The van der Waals surface area contributed by atoms with Crippen molar-refractivity contribution in [2.24, 2.45) is 39.7 Å². The average Bonchev–Trinajstić information content (AvgIpc) is 3.28. The number of rotatable bonds is 11. The van der Waals surface area contributed by atoms with E-state index in [-0.39, 0.29) is 23.4 Å². The van der Waals surface area contributed by atoms with Gasteiger partial charge in [-0.05, 0) is 106 Å². The van der Waals surface area contributed by atoms with Gasteiger partial charge in [0.25, 0.3) is 5.91 Å². The Morgan fingerprint density at radius 3 is 2.51 bits per heavy atom. The predicted octanol–water partition coefficient (Wildman–Crippen LogP) is 4.79. The lowest BCUT2D eigenvalue weighted by atomic mass is 9.46. The second-order valence-corrected chi connectivity index (χ2v) is 13.5. The number of hydrogen-bond acceptors (Lipinski definition) is 6. The molecule has 0 aromatic heterocycles. The van der Waals surface area contributed by atoms with Crippen LogP contribution in [0.25, 0.3) is 0 Å². The van der Waals surface area contributed by atoms with Crippen LogP contribution >= 0.6 is 0 Å². The third-order valence-corrected chi connectivity index (χ3v) is 11.1. The van der Waals surface area contributed by atoms with E-state index >= 15 is 0 Å². The molecular weight excluding hydrogens is 522 g/mol.